The molecule has 3 aromatic rings. The molecule has 1 amide bonds. The van der Waals surface area contributed by atoms with Crippen LogP contribution in [0.15, 0.2) is 77.7 Å². The molecule has 8 heteroatoms. The van der Waals surface area contributed by atoms with E-state index in [4.69, 9.17) is 16.9 Å². The van der Waals surface area contributed by atoms with Crippen LogP contribution in [0.25, 0.3) is 11.1 Å². The number of carbonyl (C=O) groups is 1. The van der Waals surface area contributed by atoms with Gasteiger partial charge in [-0.05, 0) is 58.9 Å². The number of halogens is 1. The van der Waals surface area contributed by atoms with Crippen molar-refractivity contribution in [3.05, 3.63) is 88.9 Å². The summed E-state index contributed by atoms with van der Waals surface area (Å²) < 4.78 is 23.5. The van der Waals surface area contributed by atoms with Gasteiger partial charge in [0.15, 0.2) is 9.84 Å². The van der Waals surface area contributed by atoms with E-state index in [0.717, 1.165) is 22.3 Å². The summed E-state index contributed by atoms with van der Waals surface area (Å²) in [4.78, 5) is 13.1. The molecule has 2 N–H and O–H groups in total. The molecule has 0 aliphatic carbocycles. The molecule has 3 rings (SSSR count). The number of sulfone groups is 1. The summed E-state index contributed by atoms with van der Waals surface area (Å²) >= 11 is 6.12. The van der Waals surface area contributed by atoms with E-state index in [0.29, 0.717) is 11.4 Å². The van der Waals surface area contributed by atoms with Gasteiger partial charge in [-0.3, -0.25) is 10.1 Å². The number of nitriles is 1. The summed E-state index contributed by atoms with van der Waals surface area (Å²) in [6.45, 7) is 4.05. The summed E-state index contributed by atoms with van der Waals surface area (Å²) in [6.07, 6.45) is 1.79. The Hall–Kier alpha value is -3.18. The zero-order valence-corrected chi connectivity index (χ0v) is 22.1. The van der Waals surface area contributed by atoms with Crippen molar-refractivity contribution in [3.63, 3.8) is 0 Å². The standard InChI is InChI=1S/C28H30ClN3O3S/c1-19(2)18-26(28(33)31-17-16-30)32-27(23-8-12-24(29)13-9-23)22-6-4-20(5-7-22)21-10-14-25(15-11-21)36(3,34)35/h4-15,19,26-27,32H,17-18H2,1-3H3,(H,31,33)/t26-,27-/m0/s1. The van der Waals surface area contributed by atoms with Gasteiger partial charge in [0.2, 0.25) is 5.91 Å². The summed E-state index contributed by atoms with van der Waals surface area (Å²) in [5.41, 5.74) is 3.75. The molecule has 36 heavy (non-hydrogen) atoms. The first kappa shape index (κ1) is 27.4. The molecule has 188 valence electrons. The van der Waals surface area contributed by atoms with E-state index in [1.54, 1.807) is 24.3 Å². The van der Waals surface area contributed by atoms with E-state index in [2.05, 4.69) is 10.6 Å². The van der Waals surface area contributed by atoms with Crippen molar-refractivity contribution in [3.8, 4) is 17.2 Å². The fraction of sp³-hybridized carbons (Fsp3) is 0.286. The third-order valence-corrected chi connectivity index (χ3v) is 7.18. The van der Waals surface area contributed by atoms with E-state index >= 15 is 0 Å². The van der Waals surface area contributed by atoms with Crippen LogP contribution in [-0.4, -0.2) is 33.2 Å². The van der Waals surface area contributed by atoms with Crippen molar-refractivity contribution >= 4 is 27.3 Å². The van der Waals surface area contributed by atoms with Gasteiger partial charge in [0, 0.05) is 11.3 Å². The van der Waals surface area contributed by atoms with E-state index in [1.807, 2.05) is 68.4 Å². The summed E-state index contributed by atoms with van der Waals surface area (Å²) in [5.74, 6) is 0.0466. The van der Waals surface area contributed by atoms with Crippen LogP contribution in [-0.2, 0) is 14.6 Å². The van der Waals surface area contributed by atoms with Crippen LogP contribution in [0.5, 0.6) is 0 Å². The summed E-state index contributed by atoms with van der Waals surface area (Å²) in [7, 11) is -3.26. The average molecular weight is 524 g/mol. The molecule has 0 radical (unpaired) electrons. The van der Waals surface area contributed by atoms with Gasteiger partial charge in [0.1, 0.15) is 6.54 Å². The fourth-order valence-electron chi connectivity index (χ4n) is 3.98. The Morgan fingerprint density at radius 1 is 0.917 bits per heavy atom. The van der Waals surface area contributed by atoms with Crippen molar-refractivity contribution in [2.45, 2.75) is 37.2 Å². The fourth-order valence-corrected chi connectivity index (χ4v) is 4.73. The van der Waals surface area contributed by atoms with Crippen LogP contribution in [0.2, 0.25) is 5.02 Å². The third kappa shape index (κ3) is 7.41. The lowest BCUT2D eigenvalue weighted by molar-refractivity contribution is -0.123. The Kier molecular flexibility index (Phi) is 9.27. The van der Waals surface area contributed by atoms with Gasteiger partial charge in [0.05, 0.1) is 23.0 Å². The Bertz CT molecular complexity index is 1310. The van der Waals surface area contributed by atoms with E-state index < -0.39 is 15.9 Å². The lowest BCUT2D eigenvalue weighted by Crippen LogP contribution is -2.46. The highest BCUT2D eigenvalue weighted by molar-refractivity contribution is 7.90. The first-order chi connectivity index (χ1) is 17.1. The Labute approximate surface area is 218 Å². The zero-order chi connectivity index (χ0) is 26.3. The van der Waals surface area contributed by atoms with Gasteiger partial charge in [-0.25, -0.2) is 8.42 Å². The lowest BCUT2D eigenvalue weighted by Gasteiger charge is -2.27. The van der Waals surface area contributed by atoms with Crippen molar-refractivity contribution in [2.24, 2.45) is 5.92 Å². The highest BCUT2D eigenvalue weighted by Gasteiger charge is 2.25. The second kappa shape index (κ2) is 12.2. The van der Waals surface area contributed by atoms with Gasteiger partial charge in [0.25, 0.3) is 0 Å². The molecule has 0 unspecified atom stereocenters. The second-order valence-corrected chi connectivity index (χ2v) is 11.6. The Morgan fingerprint density at radius 2 is 1.42 bits per heavy atom. The minimum Gasteiger partial charge on any atom is -0.342 e. The molecule has 0 bridgehead atoms. The van der Waals surface area contributed by atoms with Gasteiger partial charge < -0.3 is 5.32 Å². The van der Waals surface area contributed by atoms with Crippen LogP contribution in [0.3, 0.4) is 0 Å². The maximum absolute atomic E-state index is 12.8. The number of benzene rings is 3. The van der Waals surface area contributed by atoms with Crippen LogP contribution in [0.1, 0.15) is 37.4 Å². The van der Waals surface area contributed by atoms with Crippen LogP contribution in [0, 0.1) is 17.2 Å². The number of rotatable bonds is 10. The minimum atomic E-state index is -3.26. The zero-order valence-electron chi connectivity index (χ0n) is 20.5. The van der Waals surface area contributed by atoms with Gasteiger partial charge in [-0.1, -0.05) is 74.0 Å². The molecule has 2 atom stereocenters. The summed E-state index contributed by atoms with van der Waals surface area (Å²) in [5, 5.41) is 15.7. The van der Waals surface area contributed by atoms with Gasteiger partial charge >= 0.3 is 0 Å². The molecule has 0 aliphatic heterocycles. The number of amides is 1. The highest BCUT2D eigenvalue weighted by Crippen LogP contribution is 2.28. The van der Waals surface area contributed by atoms with Gasteiger partial charge in [-0.15, -0.1) is 0 Å². The molecule has 3 aromatic carbocycles. The predicted octanol–water partition coefficient (Wildman–Crippen LogP) is 5.14. The lowest BCUT2D eigenvalue weighted by atomic mass is 9.94. The van der Waals surface area contributed by atoms with E-state index in [-0.39, 0.29) is 29.3 Å². The maximum Gasteiger partial charge on any atom is 0.237 e. The van der Waals surface area contributed by atoms with Crippen LogP contribution in [0.4, 0.5) is 0 Å². The molecular weight excluding hydrogens is 494 g/mol. The Balaban J connectivity index is 1.94. The first-order valence-electron chi connectivity index (χ1n) is 11.6. The molecule has 0 heterocycles. The predicted molar refractivity (Wildman–Crippen MR) is 143 cm³/mol. The molecular formula is C28H30ClN3O3S. The van der Waals surface area contributed by atoms with Crippen molar-refractivity contribution in [1.82, 2.24) is 10.6 Å². The first-order valence-corrected chi connectivity index (χ1v) is 13.9. The molecule has 0 aromatic heterocycles. The summed E-state index contributed by atoms with van der Waals surface area (Å²) in [6, 6.07) is 23.4. The molecule has 6 nitrogen and oxygen atoms in total. The number of nitrogens with one attached hydrogen (secondary N) is 2. The van der Waals surface area contributed by atoms with Crippen LogP contribution < -0.4 is 10.6 Å². The number of carbonyl (C=O) groups excluding carboxylic acids is 1. The number of hydrogen-bond acceptors (Lipinski definition) is 5. The average Bonchev–Trinajstić information content (AvgIpc) is 2.85. The molecule has 0 fully saturated rings. The SMILES string of the molecule is CC(C)C[C@H](N[C@H](c1ccc(Cl)cc1)c1ccc(-c2ccc(S(C)(=O)=O)cc2)cc1)C(=O)NCC#N. The maximum atomic E-state index is 12.8. The monoisotopic (exact) mass is 523 g/mol. The quantitative estimate of drug-likeness (QED) is 0.358. The van der Waals surface area contributed by atoms with Crippen molar-refractivity contribution in [1.29, 1.82) is 5.26 Å². The van der Waals surface area contributed by atoms with Crippen molar-refractivity contribution < 1.29 is 13.2 Å². The van der Waals surface area contributed by atoms with Crippen molar-refractivity contribution in [2.75, 3.05) is 12.8 Å². The topological polar surface area (TPSA) is 99.1 Å². The molecule has 0 aliphatic rings. The number of hydrogen-bond donors (Lipinski definition) is 2. The van der Waals surface area contributed by atoms with E-state index in [1.165, 1.54) is 6.26 Å². The van der Waals surface area contributed by atoms with E-state index in [9.17, 15) is 13.2 Å². The second-order valence-electron chi connectivity index (χ2n) is 9.13. The van der Waals surface area contributed by atoms with Crippen LogP contribution >= 0.6 is 11.6 Å². The highest BCUT2D eigenvalue weighted by atomic mass is 35.5. The number of nitrogens with zero attached hydrogens (tertiary/aromatic N) is 1. The van der Waals surface area contributed by atoms with Gasteiger partial charge in [-0.2, -0.15) is 5.26 Å². The third-order valence-electron chi connectivity index (χ3n) is 5.80. The normalized spacial score (nSPS) is 13.1. The smallest absolute Gasteiger partial charge is 0.237 e. The molecule has 0 saturated heterocycles. The molecule has 0 spiro atoms. The minimum absolute atomic E-state index is 0.0481. The Morgan fingerprint density at radius 3 is 1.89 bits per heavy atom. The largest absolute Gasteiger partial charge is 0.342 e. The molecule has 0 saturated carbocycles.